The van der Waals surface area contributed by atoms with Crippen LogP contribution < -0.4 is 0 Å². The van der Waals surface area contributed by atoms with Crippen LogP contribution in [-0.2, 0) is 4.79 Å². The maximum atomic E-state index is 11.0. The summed E-state index contributed by atoms with van der Waals surface area (Å²) in [5.74, 6) is 0.332. The van der Waals surface area contributed by atoms with E-state index < -0.39 is 6.10 Å². The molecule has 0 radical (unpaired) electrons. The van der Waals surface area contributed by atoms with Crippen LogP contribution in [0.25, 0.3) is 0 Å². The zero-order chi connectivity index (χ0) is 8.27. The van der Waals surface area contributed by atoms with E-state index in [1.807, 2.05) is 0 Å². The molecule has 1 aliphatic heterocycles. The van der Waals surface area contributed by atoms with Crippen LogP contribution in [0.4, 0.5) is 0 Å². The molecule has 1 fully saturated rings. The SMILES string of the molecule is O=C1CCCN1CC(O)CCl. The molecule has 1 amide bonds. The number of hydrogen-bond acceptors (Lipinski definition) is 2. The van der Waals surface area contributed by atoms with Crippen LogP contribution in [0.3, 0.4) is 0 Å². The molecule has 0 saturated carbocycles. The van der Waals surface area contributed by atoms with Gasteiger partial charge in [0.25, 0.3) is 0 Å². The Morgan fingerprint density at radius 2 is 2.45 bits per heavy atom. The Bertz CT molecular complexity index is 151. The van der Waals surface area contributed by atoms with Crippen LogP contribution >= 0.6 is 11.6 Å². The third kappa shape index (κ3) is 2.34. The van der Waals surface area contributed by atoms with E-state index in [2.05, 4.69) is 0 Å². The Balaban J connectivity index is 2.30. The van der Waals surface area contributed by atoms with Crippen molar-refractivity contribution in [3.63, 3.8) is 0 Å². The number of halogens is 1. The molecule has 0 aromatic heterocycles. The summed E-state index contributed by atoms with van der Waals surface area (Å²) in [5, 5.41) is 9.11. The van der Waals surface area contributed by atoms with Gasteiger partial charge in [-0.1, -0.05) is 0 Å². The van der Waals surface area contributed by atoms with Crippen molar-refractivity contribution in [2.45, 2.75) is 18.9 Å². The highest BCUT2D eigenvalue weighted by atomic mass is 35.5. The molecule has 1 unspecified atom stereocenters. The third-order valence-corrected chi connectivity index (χ3v) is 2.14. The van der Waals surface area contributed by atoms with Crippen molar-refractivity contribution in [2.24, 2.45) is 0 Å². The molecule has 1 aliphatic rings. The number of nitrogens with zero attached hydrogens (tertiary/aromatic N) is 1. The molecule has 1 atom stereocenters. The van der Waals surface area contributed by atoms with Gasteiger partial charge in [0.2, 0.25) is 5.91 Å². The standard InChI is InChI=1S/C7H12ClNO2/c8-4-6(10)5-9-3-1-2-7(9)11/h6,10H,1-5H2. The van der Waals surface area contributed by atoms with Crippen molar-refractivity contribution in [3.8, 4) is 0 Å². The van der Waals surface area contributed by atoms with Gasteiger partial charge in [0.1, 0.15) is 0 Å². The molecular weight excluding hydrogens is 166 g/mol. The van der Waals surface area contributed by atoms with E-state index in [0.29, 0.717) is 13.0 Å². The lowest BCUT2D eigenvalue weighted by Gasteiger charge is -2.17. The number of carbonyl (C=O) groups excluding carboxylic acids is 1. The van der Waals surface area contributed by atoms with Crippen molar-refractivity contribution in [1.29, 1.82) is 0 Å². The van der Waals surface area contributed by atoms with E-state index in [4.69, 9.17) is 16.7 Å². The number of alkyl halides is 1. The van der Waals surface area contributed by atoms with Crippen LogP contribution in [-0.4, -0.2) is 41.0 Å². The van der Waals surface area contributed by atoms with Crippen LogP contribution in [0.1, 0.15) is 12.8 Å². The lowest BCUT2D eigenvalue weighted by molar-refractivity contribution is -0.128. The molecule has 0 aromatic rings. The zero-order valence-corrected chi connectivity index (χ0v) is 7.05. The minimum atomic E-state index is -0.571. The number of aliphatic hydroxyl groups is 1. The molecule has 0 aromatic carbocycles. The number of likely N-dealkylation sites (tertiary alicyclic amines) is 1. The van der Waals surface area contributed by atoms with E-state index >= 15 is 0 Å². The van der Waals surface area contributed by atoms with Gasteiger partial charge in [-0.05, 0) is 6.42 Å². The van der Waals surface area contributed by atoms with Gasteiger partial charge in [-0.2, -0.15) is 0 Å². The predicted octanol–water partition coefficient (Wildman–Crippen LogP) is 0.208. The summed E-state index contributed by atoms with van der Waals surface area (Å²) in [7, 11) is 0. The van der Waals surface area contributed by atoms with Crippen molar-refractivity contribution in [3.05, 3.63) is 0 Å². The fourth-order valence-electron chi connectivity index (χ4n) is 1.20. The first-order valence-electron chi connectivity index (χ1n) is 3.76. The molecular formula is C7H12ClNO2. The maximum Gasteiger partial charge on any atom is 0.222 e. The summed E-state index contributed by atoms with van der Waals surface area (Å²) in [6, 6.07) is 0. The molecule has 3 nitrogen and oxygen atoms in total. The summed E-state index contributed by atoms with van der Waals surface area (Å²) >= 11 is 5.39. The highest BCUT2D eigenvalue weighted by Crippen LogP contribution is 2.09. The molecule has 11 heavy (non-hydrogen) atoms. The third-order valence-electron chi connectivity index (χ3n) is 1.78. The smallest absolute Gasteiger partial charge is 0.222 e. The molecule has 1 N–H and O–H groups in total. The van der Waals surface area contributed by atoms with Gasteiger partial charge >= 0.3 is 0 Å². The fraction of sp³-hybridized carbons (Fsp3) is 0.857. The monoisotopic (exact) mass is 177 g/mol. The lowest BCUT2D eigenvalue weighted by atomic mass is 10.4. The highest BCUT2D eigenvalue weighted by Gasteiger charge is 2.21. The minimum Gasteiger partial charge on any atom is -0.390 e. The molecule has 64 valence electrons. The highest BCUT2D eigenvalue weighted by molar-refractivity contribution is 6.18. The number of amides is 1. The normalized spacial score (nSPS) is 20.9. The molecule has 1 rings (SSSR count). The summed E-state index contributed by atoms with van der Waals surface area (Å²) < 4.78 is 0. The second-order valence-electron chi connectivity index (χ2n) is 2.75. The molecule has 4 heteroatoms. The van der Waals surface area contributed by atoms with E-state index in [9.17, 15) is 4.79 Å². The predicted molar refractivity (Wildman–Crippen MR) is 42.5 cm³/mol. The second-order valence-corrected chi connectivity index (χ2v) is 3.06. The summed E-state index contributed by atoms with van der Waals surface area (Å²) in [6.07, 6.45) is 0.960. The van der Waals surface area contributed by atoms with Gasteiger partial charge in [-0.25, -0.2) is 0 Å². The minimum absolute atomic E-state index is 0.133. The summed E-state index contributed by atoms with van der Waals surface area (Å²) in [5.41, 5.74) is 0. The number of carbonyl (C=O) groups is 1. The first kappa shape index (κ1) is 8.81. The Morgan fingerprint density at radius 3 is 2.91 bits per heavy atom. The molecule has 0 bridgehead atoms. The Kier molecular flexibility index (Phi) is 3.15. The second kappa shape index (κ2) is 3.93. The first-order valence-corrected chi connectivity index (χ1v) is 4.29. The molecule has 0 aliphatic carbocycles. The van der Waals surface area contributed by atoms with Gasteiger partial charge in [0.15, 0.2) is 0 Å². The average Bonchev–Trinajstić information content (AvgIpc) is 2.37. The van der Waals surface area contributed by atoms with Crippen LogP contribution in [0.2, 0.25) is 0 Å². The van der Waals surface area contributed by atoms with E-state index in [-0.39, 0.29) is 11.8 Å². The van der Waals surface area contributed by atoms with Crippen LogP contribution in [0.15, 0.2) is 0 Å². The van der Waals surface area contributed by atoms with E-state index in [1.165, 1.54) is 0 Å². The van der Waals surface area contributed by atoms with Crippen molar-refractivity contribution in [1.82, 2.24) is 4.90 Å². The van der Waals surface area contributed by atoms with Crippen molar-refractivity contribution >= 4 is 17.5 Å². The van der Waals surface area contributed by atoms with Crippen molar-refractivity contribution in [2.75, 3.05) is 19.0 Å². The average molecular weight is 178 g/mol. The van der Waals surface area contributed by atoms with Crippen LogP contribution in [0, 0.1) is 0 Å². The number of aliphatic hydroxyl groups excluding tert-OH is 1. The van der Waals surface area contributed by atoms with Gasteiger partial charge in [-0.15, -0.1) is 11.6 Å². The van der Waals surface area contributed by atoms with E-state index in [1.54, 1.807) is 4.90 Å². The number of rotatable bonds is 3. The topological polar surface area (TPSA) is 40.5 Å². The Morgan fingerprint density at radius 1 is 1.73 bits per heavy atom. The van der Waals surface area contributed by atoms with E-state index in [0.717, 1.165) is 13.0 Å². The molecule has 1 saturated heterocycles. The Hall–Kier alpha value is -0.280. The van der Waals surface area contributed by atoms with Gasteiger partial charge in [0.05, 0.1) is 12.0 Å². The zero-order valence-electron chi connectivity index (χ0n) is 6.29. The largest absolute Gasteiger partial charge is 0.390 e. The van der Waals surface area contributed by atoms with Gasteiger partial charge in [0, 0.05) is 19.5 Å². The first-order chi connectivity index (χ1) is 5.24. The summed E-state index contributed by atoms with van der Waals surface area (Å²) in [4.78, 5) is 12.7. The Labute approximate surface area is 70.9 Å². The number of β-amino-alcohol motifs (C(OH)–C–C–N with tert-alkyl or cyclic N) is 1. The van der Waals surface area contributed by atoms with Gasteiger partial charge in [-0.3, -0.25) is 4.79 Å². The summed E-state index contributed by atoms with van der Waals surface area (Å²) in [6.45, 7) is 1.16. The lowest BCUT2D eigenvalue weighted by Crippen LogP contribution is -2.34. The maximum absolute atomic E-state index is 11.0. The van der Waals surface area contributed by atoms with Gasteiger partial charge < -0.3 is 10.0 Å². The fourth-order valence-corrected chi connectivity index (χ4v) is 1.30. The van der Waals surface area contributed by atoms with Crippen molar-refractivity contribution < 1.29 is 9.90 Å². The van der Waals surface area contributed by atoms with Crippen LogP contribution in [0.5, 0.6) is 0 Å². The quantitative estimate of drug-likeness (QED) is 0.627. The molecule has 1 heterocycles. The molecule has 0 spiro atoms. The number of hydrogen-bond donors (Lipinski definition) is 1.